The van der Waals surface area contributed by atoms with Crippen LogP contribution < -0.4 is 11.1 Å². The van der Waals surface area contributed by atoms with Crippen LogP contribution in [0.1, 0.15) is 28.2 Å². The van der Waals surface area contributed by atoms with Crippen molar-refractivity contribution in [1.29, 1.82) is 0 Å². The maximum atomic E-state index is 12.0. The molecule has 0 saturated carbocycles. The molecular formula is C13H14N4O3S. The van der Waals surface area contributed by atoms with E-state index in [4.69, 9.17) is 5.73 Å². The molecule has 2 rings (SSSR count). The molecule has 0 aliphatic heterocycles. The third-order valence-corrected chi connectivity index (χ3v) is 3.94. The van der Waals surface area contributed by atoms with Crippen molar-refractivity contribution >= 4 is 28.6 Å². The van der Waals surface area contributed by atoms with E-state index in [1.165, 1.54) is 29.5 Å². The molecule has 0 aliphatic carbocycles. The number of nitrogens with zero attached hydrogens (tertiary/aromatic N) is 2. The van der Waals surface area contributed by atoms with Gasteiger partial charge in [-0.1, -0.05) is 6.92 Å². The fourth-order valence-corrected chi connectivity index (χ4v) is 2.45. The number of benzene rings is 1. The van der Waals surface area contributed by atoms with Crippen LogP contribution in [0.5, 0.6) is 0 Å². The Kier molecular flexibility index (Phi) is 4.49. The lowest BCUT2D eigenvalue weighted by Crippen LogP contribution is -2.27. The van der Waals surface area contributed by atoms with E-state index in [1.807, 2.05) is 12.3 Å². The second-order valence-corrected chi connectivity index (χ2v) is 5.44. The van der Waals surface area contributed by atoms with E-state index in [0.717, 1.165) is 5.01 Å². The molecule has 7 nitrogen and oxygen atoms in total. The van der Waals surface area contributed by atoms with Crippen molar-refractivity contribution < 1.29 is 9.72 Å². The van der Waals surface area contributed by atoms with E-state index < -0.39 is 4.92 Å². The number of nitrogens with two attached hydrogens (primary N) is 1. The SMILES string of the molecule is CC(CNC(=O)c1ccc(N)c([N+](=O)[O-])c1)c1nccs1. The zero-order valence-electron chi connectivity index (χ0n) is 11.3. The highest BCUT2D eigenvalue weighted by molar-refractivity contribution is 7.09. The van der Waals surface area contributed by atoms with Crippen LogP contribution in [-0.4, -0.2) is 22.4 Å². The molecule has 8 heteroatoms. The number of carbonyl (C=O) groups is 1. The molecule has 21 heavy (non-hydrogen) atoms. The Morgan fingerprint density at radius 3 is 2.95 bits per heavy atom. The molecule has 1 atom stereocenters. The van der Waals surface area contributed by atoms with Crippen molar-refractivity contribution in [1.82, 2.24) is 10.3 Å². The van der Waals surface area contributed by atoms with Crippen molar-refractivity contribution in [3.8, 4) is 0 Å². The van der Waals surface area contributed by atoms with Gasteiger partial charge in [0.25, 0.3) is 11.6 Å². The topological polar surface area (TPSA) is 111 Å². The predicted octanol–water partition coefficient (Wildman–Crippen LogP) is 2.17. The van der Waals surface area contributed by atoms with Gasteiger partial charge in [-0.05, 0) is 12.1 Å². The number of nitrogens with one attached hydrogen (secondary N) is 1. The first kappa shape index (κ1) is 14.9. The molecule has 1 heterocycles. The third-order valence-electron chi connectivity index (χ3n) is 2.93. The third kappa shape index (κ3) is 3.54. The summed E-state index contributed by atoms with van der Waals surface area (Å²) < 4.78 is 0. The molecule has 0 bridgehead atoms. The largest absolute Gasteiger partial charge is 0.393 e. The number of nitro benzene ring substituents is 1. The maximum Gasteiger partial charge on any atom is 0.292 e. The highest BCUT2D eigenvalue weighted by Crippen LogP contribution is 2.22. The van der Waals surface area contributed by atoms with Crippen LogP contribution in [0.15, 0.2) is 29.8 Å². The lowest BCUT2D eigenvalue weighted by Gasteiger charge is -2.10. The summed E-state index contributed by atoms with van der Waals surface area (Å²) in [6.45, 7) is 2.36. The lowest BCUT2D eigenvalue weighted by molar-refractivity contribution is -0.383. The Labute approximate surface area is 125 Å². The first-order valence-electron chi connectivity index (χ1n) is 6.20. The van der Waals surface area contributed by atoms with E-state index in [-0.39, 0.29) is 28.8 Å². The molecular weight excluding hydrogens is 292 g/mol. The molecule has 1 unspecified atom stereocenters. The van der Waals surface area contributed by atoms with Crippen LogP contribution in [0.2, 0.25) is 0 Å². The van der Waals surface area contributed by atoms with Gasteiger partial charge in [0.15, 0.2) is 0 Å². The van der Waals surface area contributed by atoms with Crippen LogP contribution in [0.4, 0.5) is 11.4 Å². The minimum Gasteiger partial charge on any atom is -0.393 e. The molecule has 1 amide bonds. The van der Waals surface area contributed by atoms with Crippen LogP contribution in [0, 0.1) is 10.1 Å². The quantitative estimate of drug-likeness (QED) is 0.499. The number of nitro groups is 1. The van der Waals surface area contributed by atoms with Crippen molar-refractivity contribution in [3.05, 3.63) is 50.5 Å². The van der Waals surface area contributed by atoms with Crippen LogP contribution in [0.25, 0.3) is 0 Å². The molecule has 0 radical (unpaired) electrons. The van der Waals surface area contributed by atoms with Gasteiger partial charge in [-0.25, -0.2) is 4.98 Å². The van der Waals surface area contributed by atoms with E-state index in [2.05, 4.69) is 10.3 Å². The molecule has 0 spiro atoms. The fourth-order valence-electron chi connectivity index (χ4n) is 1.76. The Hall–Kier alpha value is -2.48. The number of hydrogen-bond acceptors (Lipinski definition) is 6. The first-order chi connectivity index (χ1) is 9.99. The van der Waals surface area contributed by atoms with Gasteiger partial charge in [-0.3, -0.25) is 14.9 Å². The number of thiazole rings is 1. The molecule has 1 aromatic heterocycles. The zero-order chi connectivity index (χ0) is 15.4. The van der Waals surface area contributed by atoms with Gasteiger partial charge in [0.1, 0.15) is 5.69 Å². The van der Waals surface area contributed by atoms with Gasteiger partial charge in [-0.2, -0.15) is 0 Å². The summed E-state index contributed by atoms with van der Waals surface area (Å²) in [5.41, 5.74) is 5.47. The smallest absolute Gasteiger partial charge is 0.292 e. The van der Waals surface area contributed by atoms with Gasteiger partial charge in [0.05, 0.1) is 9.93 Å². The second-order valence-electron chi connectivity index (χ2n) is 4.51. The highest BCUT2D eigenvalue weighted by Gasteiger charge is 2.16. The van der Waals surface area contributed by atoms with Crippen LogP contribution >= 0.6 is 11.3 Å². The molecule has 0 saturated heterocycles. The van der Waals surface area contributed by atoms with Crippen molar-refractivity contribution in [2.75, 3.05) is 12.3 Å². The van der Waals surface area contributed by atoms with E-state index in [1.54, 1.807) is 6.20 Å². The summed E-state index contributed by atoms with van der Waals surface area (Å²) in [6, 6.07) is 4.00. The Morgan fingerprint density at radius 1 is 1.57 bits per heavy atom. The van der Waals surface area contributed by atoms with Crippen molar-refractivity contribution in [3.63, 3.8) is 0 Å². The Balaban J connectivity index is 2.04. The number of anilines is 1. The number of carbonyl (C=O) groups excluding carboxylic acids is 1. The second kappa shape index (κ2) is 6.31. The van der Waals surface area contributed by atoms with Gasteiger partial charge < -0.3 is 11.1 Å². The average Bonchev–Trinajstić information content (AvgIpc) is 2.98. The molecule has 2 aromatic rings. The summed E-state index contributed by atoms with van der Waals surface area (Å²) in [7, 11) is 0. The van der Waals surface area contributed by atoms with E-state index >= 15 is 0 Å². The van der Waals surface area contributed by atoms with Crippen LogP contribution in [0.3, 0.4) is 0 Å². The van der Waals surface area contributed by atoms with Crippen LogP contribution in [-0.2, 0) is 0 Å². The number of nitrogen functional groups attached to an aromatic ring is 1. The number of hydrogen-bond donors (Lipinski definition) is 2. The van der Waals surface area contributed by atoms with Crippen molar-refractivity contribution in [2.24, 2.45) is 0 Å². The van der Waals surface area contributed by atoms with E-state index in [0.29, 0.717) is 6.54 Å². The minimum absolute atomic E-state index is 0.0349. The molecule has 3 N–H and O–H groups in total. The summed E-state index contributed by atoms with van der Waals surface area (Å²) >= 11 is 1.52. The minimum atomic E-state index is -0.607. The van der Waals surface area contributed by atoms with Gasteiger partial charge in [-0.15, -0.1) is 11.3 Å². The number of rotatable bonds is 5. The zero-order valence-corrected chi connectivity index (χ0v) is 12.1. The maximum absolute atomic E-state index is 12.0. The summed E-state index contributed by atoms with van der Waals surface area (Å²) in [5, 5.41) is 16.3. The van der Waals surface area contributed by atoms with Gasteiger partial charge >= 0.3 is 0 Å². The van der Waals surface area contributed by atoms with Gasteiger partial charge in [0.2, 0.25) is 0 Å². The molecule has 0 aliphatic rings. The molecule has 0 fully saturated rings. The summed E-state index contributed by atoms with van der Waals surface area (Å²) in [6.07, 6.45) is 1.71. The normalized spacial score (nSPS) is 11.9. The fraction of sp³-hybridized carbons (Fsp3) is 0.231. The molecule has 1 aromatic carbocycles. The monoisotopic (exact) mass is 306 g/mol. The lowest BCUT2D eigenvalue weighted by atomic mass is 10.1. The standard InChI is InChI=1S/C13H14N4O3S/c1-8(13-15-4-5-21-13)7-16-12(18)9-2-3-10(14)11(6-9)17(19)20/h2-6,8H,7,14H2,1H3,(H,16,18). The summed E-state index contributed by atoms with van der Waals surface area (Å²) in [5.74, 6) is -0.292. The van der Waals surface area contributed by atoms with Crippen molar-refractivity contribution in [2.45, 2.75) is 12.8 Å². The van der Waals surface area contributed by atoms with Gasteiger partial charge in [0, 0.05) is 35.7 Å². The average molecular weight is 306 g/mol. The Morgan fingerprint density at radius 2 is 2.33 bits per heavy atom. The highest BCUT2D eigenvalue weighted by atomic mass is 32.1. The summed E-state index contributed by atoms with van der Waals surface area (Å²) in [4.78, 5) is 26.4. The predicted molar refractivity (Wildman–Crippen MR) is 80.4 cm³/mol. The number of amides is 1. The molecule has 110 valence electrons. The number of aromatic nitrogens is 1. The Bertz CT molecular complexity index is 657. The first-order valence-corrected chi connectivity index (χ1v) is 7.08. The van der Waals surface area contributed by atoms with E-state index in [9.17, 15) is 14.9 Å².